The minimum absolute atomic E-state index is 0.120. The van der Waals surface area contributed by atoms with Crippen LogP contribution in [0.15, 0.2) is 18.2 Å². The van der Waals surface area contributed by atoms with Crippen LogP contribution in [-0.2, 0) is 6.54 Å². The first-order valence-corrected chi connectivity index (χ1v) is 4.79. The van der Waals surface area contributed by atoms with Crippen LogP contribution in [0.25, 0.3) is 0 Å². The zero-order chi connectivity index (χ0) is 11.3. The fourth-order valence-corrected chi connectivity index (χ4v) is 1.36. The summed E-state index contributed by atoms with van der Waals surface area (Å²) in [7, 11) is 3.34. The molecule has 4 heteroatoms. The summed E-state index contributed by atoms with van der Waals surface area (Å²) >= 11 is 0. The van der Waals surface area contributed by atoms with E-state index in [4.69, 9.17) is 9.84 Å². The summed E-state index contributed by atoms with van der Waals surface area (Å²) in [4.78, 5) is 1.95. The lowest BCUT2D eigenvalue weighted by molar-refractivity contribution is 0.217. The summed E-state index contributed by atoms with van der Waals surface area (Å²) < 4.78 is 18.0. The summed E-state index contributed by atoms with van der Waals surface area (Å²) in [6.45, 7) is 1.38. The molecule has 0 amide bonds. The van der Waals surface area contributed by atoms with E-state index in [1.54, 1.807) is 12.1 Å². The Morgan fingerprint density at radius 1 is 1.47 bits per heavy atom. The van der Waals surface area contributed by atoms with Gasteiger partial charge < -0.3 is 9.84 Å². The summed E-state index contributed by atoms with van der Waals surface area (Å²) in [5, 5.41) is 8.73. The maximum Gasteiger partial charge on any atom is 0.165 e. The Labute approximate surface area is 89.1 Å². The van der Waals surface area contributed by atoms with E-state index in [0.717, 1.165) is 5.56 Å². The topological polar surface area (TPSA) is 32.7 Å². The van der Waals surface area contributed by atoms with Crippen molar-refractivity contribution in [1.82, 2.24) is 4.90 Å². The smallest absolute Gasteiger partial charge is 0.165 e. The second kappa shape index (κ2) is 5.68. The van der Waals surface area contributed by atoms with Gasteiger partial charge in [-0.1, -0.05) is 6.07 Å². The van der Waals surface area contributed by atoms with Crippen molar-refractivity contribution >= 4 is 0 Å². The minimum Gasteiger partial charge on any atom is -0.494 e. The molecule has 1 N–H and O–H groups in total. The Kier molecular flexibility index (Phi) is 4.52. The van der Waals surface area contributed by atoms with Crippen molar-refractivity contribution in [2.24, 2.45) is 0 Å². The average Bonchev–Trinajstić information content (AvgIpc) is 2.21. The zero-order valence-electron chi connectivity index (χ0n) is 9.03. The van der Waals surface area contributed by atoms with Crippen LogP contribution < -0.4 is 4.74 Å². The van der Waals surface area contributed by atoms with E-state index in [-0.39, 0.29) is 18.2 Å². The van der Waals surface area contributed by atoms with Gasteiger partial charge in [0, 0.05) is 13.1 Å². The highest BCUT2D eigenvalue weighted by Crippen LogP contribution is 2.18. The summed E-state index contributed by atoms with van der Waals surface area (Å²) in [6.07, 6.45) is 0. The van der Waals surface area contributed by atoms with Crippen molar-refractivity contribution in [1.29, 1.82) is 0 Å². The van der Waals surface area contributed by atoms with Gasteiger partial charge in [-0.2, -0.15) is 0 Å². The summed E-state index contributed by atoms with van der Waals surface area (Å²) in [5.74, 6) is -0.101. The maximum atomic E-state index is 13.1. The Bertz CT molecular complexity index is 317. The van der Waals surface area contributed by atoms with E-state index in [2.05, 4.69) is 0 Å². The fourth-order valence-electron chi connectivity index (χ4n) is 1.36. The molecule has 1 aromatic carbocycles. The highest BCUT2D eigenvalue weighted by Gasteiger charge is 2.05. The van der Waals surface area contributed by atoms with E-state index < -0.39 is 0 Å². The van der Waals surface area contributed by atoms with Crippen molar-refractivity contribution in [3.8, 4) is 5.75 Å². The molecule has 84 valence electrons. The molecular formula is C11H16FNO2. The number of aliphatic hydroxyl groups is 1. The standard InChI is InChI=1S/C11H16FNO2/c1-13(5-6-14)8-9-3-4-10(12)11(7-9)15-2/h3-4,7,14H,5-6,8H2,1-2H3. The fraction of sp³-hybridized carbons (Fsp3) is 0.455. The third kappa shape index (κ3) is 3.49. The minimum atomic E-state index is -0.355. The number of hydrogen-bond acceptors (Lipinski definition) is 3. The molecule has 0 fully saturated rings. The third-order valence-corrected chi connectivity index (χ3v) is 2.15. The second-order valence-corrected chi connectivity index (χ2v) is 3.43. The average molecular weight is 213 g/mol. The van der Waals surface area contributed by atoms with Crippen LogP contribution in [0.2, 0.25) is 0 Å². The first kappa shape index (κ1) is 11.9. The normalized spacial score (nSPS) is 10.7. The Morgan fingerprint density at radius 2 is 2.20 bits per heavy atom. The number of hydrogen-bond donors (Lipinski definition) is 1. The van der Waals surface area contributed by atoms with Crippen molar-refractivity contribution in [2.75, 3.05) is 27.3 Å². The second-order valence-electron chi connectivity index (χ2n) is 3.43. The van der Waals surface area contributed by atoms with Gasteiger partial charge in [0.1, 0.15) is 0 Å². The van der Waals surface area contributed by atoms with Crippen molar-refractivity contribution in [2.45, 2.75) is 6.54 Å². The zero-order valence-corrected chi connectivity index (χ0v) is 9.03. The van der Waals surface area contributed by atoms with Crippen LogP contribution in [0.1, 0.15) is 5.56 Å². The van der Waals surface area contributed by atoms with E-state index in [9.17, 15) is 4.39 Å². The van der Waals surface area contributed by atoms with Gasteiger partial charge in [-0.15, -0.1) is 0 Å². The molecule has 0 spiro atoms. The SMILES string of the molecule is COc1cc(CN(C)CCO)ccc1F. The number of benzene rings is 1. The number of aliphatic hydroxyl groups excluding tert-OH is 1. The predicted octanol–water partition coefficient (Wildman–Crippen LogP) is 1.26. The molecule has 0 heterocycles. The van der Waals surface area contributed by atoms with Gasteiger partial charge in [0.05, 0.1) is 13.7 Å². The van der Waals surface area contributed by atoms with Crippen LogP contribution >= 0.6 is 0 Å². The molecule has 0 radical (unpaired) electrons. The van der Waals surface area contributed by atoms with Gasteiger partial charge >= 0.3 is 0 Å². The van der Waals surface area contributed by atoms with Gasteiger partial charge in [0.2, 0.25) is 0 Å². The Balaban J connectivity index is 2.69. The van der Waals surface area contributed by atoms with Crippen molar-refractivity contribution in [3.63, 3.8) is 0 Å². The highest BCUT2D eigenvalue weighted by molar-refractivity contribution is 5.30. The molecule has 0 saturated heterocycles. The van der Waals surface area contributed by atoms with Crippen LogP contribution in [-0.4, -0.2) is 37.3 Å². The summed E-state index contributed by atoms with van der Waals surface area (Å²) in [5.41, 5.74) is 0.962. The van der Waals surface area contributed by atoms with Crippen LogP contribution in [0.4, 0.5) is 4.39 Å². The van der Waals surface area contributed by atoms with Crippen LogP contribution in [0.5, 0.6) is 5.75 Å². The van der Waals surface area contributed by atoms with E-state index in [0.29, 0.717) is 13.1 Å². The monoisotopic (exact) mass is 213 g/mol. The lowest BCUT2D eigenvalue weighted by Gasteiger charge is -2.15. The largest absolute Gasteiger partial charge is 0.494 e. The molecule has 0 aliphatic rings. The molecule has 0 aliphatic carbocycles. The molecule has 1 rings (SSSR count). The molecule has 0 aromatic heterocycles. The molecule has 15 heavy (non-hydrogen) atoms. The lowest BCUT2D eigenvalue weighted by Crippen LogP contribution is -2.21. The maximum absolute atomic E-state index is 13.1. The highest BCUT2D eigenvalue weighted by atomic mass is 19.1. The predicted molar refractivity (Wildman–Crippen MR) is 56.4 cm³/mol. The van der Waals surface area contributed by atoms with Gasteiger partial charge in [-0.3, -0.25) is 4.90 Å². The molecular weight excluding hydrogens is 197 g/mol. The molecule has 3 nitrogen and oxygen atoms in total. The van der Waals surface area contributed by atoms with Gasteiger partial charge in [0.25, 0.3) is 0 Å². The van der Waals surface area contributed by atoms with Crippen molar-refractivity contribution in [3.05, 3.63) is 29.6 Å². The summed E-state index contributed by atoms with van der Waals surface area (Å²) in [6, 6.07) is 4.77. The van der Waals surface area contributed by atoms with Gasteiger partial charge in [0.15, 0.2) is 11.6 Å². The number of halogens is 1. The van der Waals surface area contributed by atoms with Crippen LogP contribution in [0.3, 0.4) is 0 Å². The molecule has 0 saturated carbocycles. The number of methoxy groups -OCH3 is 1. The number of ether oxygens (including phenoxy) is 1. The van der Waals surface area contributed by atoms with Gasteiger partial charge in [-0.05, 0) is 24.7 Å². The van der Waals surface area contributed by atoms with Gasteiger partial charge in [-0.25, -0.2) is 4.39 Å². The molecule has 0 unspecified atom stereocenters. The first-order valence-electron chi connectivity index (χ1n) is 4.79. The number of likely N-dealkylation sites (N-methyl/N-ethyl adjacent to an activating group) is 1. The van der Waals surface area contributed by atoms with E-state index in [1.165, 1.54) is 13.2 Å². The number of rotatable bonds is 5. The van der Waals surface area contributed by atoms with E-state index >= 15 is 0 Å². The third-order valence-electron chi connectivity index (χ3n) is 2.15. The van der Waals surface area contributed by atoms with E-state index in [1.807, 2.05) is 11.9 Å². The van der Waals surface area contributed by atoms with Crippen molar-refractivity contribution < 1.29 is 14.2 Å². The molecule has 1 aromatic rings. The van der Waals surface area contributed by atoms with Crippen LogP contribution in [0, 0.1) is 5.82 Å². The Morgan fingerprint density at radius 3 is 2.80 bits per heavy atom. The quantitative estimate of drug-likeness (QED) is 0.799. The Hall–Kier alpha value is -1.13. The lowest BCUT2D eigenvalue weighted by atomic mass is 10.2. The first-order chi connectivity index (χ1) is 7.17. The molecule has 0 bridgehead atoms. The molecule has 0 atom stereocenters. The molecule has 0 aliphatic heterocycles. The number of nitrogens with zero attached hydrogens (tertiary/aromatic N) is 1.